The minimum absolute atomic E-state index is 0.0189. The molecule has 0 bridgehead atoms. The molecule has 1 heterocycles. The number of aliphatic hydroxyl groups excluding tert-OH is 1. The zero-order valence-electron chi connectivity index (χ0n) is 12.6. The number of methoxy groups -OCH3 is 1. The van der Waals surface area contributed by atoms with Crippen molar-refractivity contribution in [2.45, 2.75) is 13.0 Å². The third kappa shape index (κ3) is 3.53. The number of benzene rings is 1. The minimum Gasteiger partial charge on any atom is -0.395 e. The second-order valence-corrected chi connectivity index (χ2v) is 4.95. The SMILES string of the molecule is CCNC1C(=O)Nc2cc(N(CCO)CCOC)ccc21. The lowest BCUT2D eigenvalue weighted by atomic mass is 10.1. The number of hydrogen-bond acceptors (Lipinski definition) is 5. The maximum Gasteiger partial charge on any atom is 0.246 e. The molecule has 1 amide bonds. The van der Waals surface area contributed by atoms with Crippen LogP contribution >= 0.6 is 0 Å². The monoisotopic (exact) mass is 293 g/mol. The molecule has 0 radical (unpaired) electrons. The fourth-order valence-electron chi connectivity index (χ4n) is 2.55. The van der Waals surface area contributed by atoms with Gasteiger partial charge in [-0.05, 0) is 18.7 Å². The van der Waals surface area contributed by atoms with Crippen molar-refractivity contribution in [2.75, 3.05) is 50.2 Å². The number of fused-ring (bicyclic) bond motifs is 1. The predicted molar refractivity (Wildman–Crippen MR) is 82.7 cm³/mol. The number of nitrogens with one attached hydrogen (secondary N) is 2. The second-order valence-electron chi connectivity index (χ2n) is 4.95. The van der Waals surface area contributed by atoms with Crippen molar-refractivity contribution >= 4 is 17.3 Å². The third-order valence-corrected chi connectivity index (χ3v) is 3.58. The average Bonchev–Trinajstić information content (AvgIpc) is 2.79. The Morgan fingerprint density at radius 3 is 2.90 bits per heavy atom. The number of carbonyl (C=O) groups is 1. The molecule has 1 atom stereocenters. The number of aliphatic hydroxyl groups is 1. The van der Waals surface area contributed by atoms with E-state index >= 15 is 0 Å². The summed E-state index contributed by atoms with van der Waals surface area (Å²) in [5.41, 5.74) is 2.78. The summed E-state index contributed by atoms with van der Waals surface area (Å²) in [4.78, 5) is 14.0. The maximum absolute atomic E-state index is 12.0. The first-order valence-corrected chi connectivity index (χ1v) is 7.24. The summed E-state index contributed by atoms with van der Waals surface area (Å²) < 4.78 is 5.10. The van der Waals surface area contributed by atoms with Gasteiger partial charge in [0.1, 0.15) is 6.04 Å². The van der Waals surface area contributed by atoms with Gasteiger partial charge in [-0.3, -0.25) is 4.79 Å². The van der Waals surface area contributed by atoms with Crippen LogP contribution in [0, 0.1) is 0 Å². The highest BCUT2D eigenvalue weighted by molar-refractivity contribution is 6.03. The van der Waals surface area contributed by atoms with Gasteiger partial charge in [-0.2, -0.15) is 0 Å². The Bertz CT molecular complexity index is 493. The van der Waals surface area contributed by atoms with E-state index in [9.17, 15) is 9.90 Å². The molecule has 1 unspecified atom stereocenters. The van der Waals surface area contributed by atoms with Gasteiger partial charge in [-0.1, -0.05) is 13.0 Å². The van der Waals surface area contributed by atoms with Crippen LogP contribution in [0.3, 0.4) is 0 Å². The molecule has 3 N–H and O–H groups in total. The van der Waals surface area contributed by atoms with E-state index in [4.69, 9.17) is 4.74 Å². The summed E-state index contributed by atoms with van der Waals surface area (Å²) in [5.74, 6) is -0.0189. The van der Waals surface area contributed by atoms with E-state index in [1.807, 2.05) is 30.0 Å². The van der Waals surface area contributed by atoms with Gasteiger partial charge in [0.05, 0.1) is 13.2 Å². The van der Waals surface area contributed by atoms with Crippen molar-refractivity contribution in [2.24, 2.45) is 0 Å². The van der Waals surface area contributed by atoms with Gasteiger partial charge in [-0.15, -0.1) is 0 Å². The number of carbonyl (C=O) groups excluding carboxylic acids is 1. The molecule has 1 aromatic carbocycles. The van der Waals surface area contributed by atoms with Crippen molar-refractivity contribution in [3.05, 3.63) is 23.8 Å². The Morgan fingerprint density at radius 1 is 1.43 bits per heavy atom. The first-order chi connectivity index (χ1) is 10.2. The molecule has 0 saturated carbocycles. The number of ether oxygens (including phenoxy) is 1. The molecule has 0 fully saturated rings. The number of rotatable bonds is 8. The highest BCUT2D eigenvalue weighted by Crippen LogP contribution is 2.33. The number of amides is 1. The van der Waals surface area contributed by atoms with Gasteiger partial charge in [0.25, 0.3) is 0 Å². The largest absolute Gasteiger partial charge is 0.395 e. The van der Waals surface area contributed by atoms with Crippen LogP contribution < -0.4 is 15.5 Å². The van der Waals surface area contributed by atoms with E-state index in [-0.39, 0.29) is 18.6 Å². The Morgan fingerprint density at radius 2 is 2.24 bits per heavy atom. The van der Waals surface area contributed by atoms with E-state index < -0.39 is 0 Å². The standard InChI is InChI=1S/C15H23N3O3/c1-3-16-14-12-5-4-11(10-13(12)17-15(14)20)18(6-8-19)7-9-21-2/h4-5,10,14,16,19H,3,6-9H2,1-2H3,(H,17,20). The van der Waals surface area contributed by atoms with Crippen LogP contribution in [0.25, 0.3) is 0 Å². The van der Waals surface area contributed by atoms with Crippen molar-refractivity contribution in [3.63, 3.8) is 0 Å². The van der Waals surface area contributed by atoms with Gasteiger partial charge in [-0.25, -0.2) is 0 Å². The average molecular weight is 293 g/mol. The summed E-state index contributed by atoms with van der Waals surface area (Å²) in [6, 6.07) is 5.63. The number of anilines is 2. The fraction of sp³-hybridized carbons (Fsp3) is 0.533. The summed E-state index contributed by atoms with van der Waals surface area (Å²) in [7, 11) is 1.65. The first-order valence-electron chi connectivity index (χ1n) is 7.24. The quantitative estimate of drug-likeness (QED) is 0.659. The molecular weight excluding hydrogens is 270 g/mol. The van der Waals surface area contributed by atoms with Crippen LogP contribution in [0.15, 0.2) is 18.2 Å². The Labute approximate surface area is 125 Å². The lowest BCUT2D eigenvalue weighted by molar-refractivity contribution is -0.117. The highest BCUT2D eigenvalue weighted by Gasteiger charge is 2.30. The number of nitrogens with zero attached hydrogens (tertiary/aromatic N) is 1. The minimum atomic E-state index is -0.274. The molecular formula is C15H23N3O3. The molecule has 0 spiro atoms. The number of likely N-dealkylation sites (N-methyl/N-ethyl adjacent to an activating group) is 1. The van der Waals surface area contributed by atoms with E-state index in [0.29, 0.717) is 19.7 Å². The second kappa shape index (κ2) is 7.40. The van der Waals surface area contributed by atoms with Crippen LogP contribution in [0.5, 0.6) is 0 Å². The van der Waals surface area contributed by atoms with Gasteiger partial charge in [0.2, 0.25) is 5.91 Å². The molecule has 0 aromatic heterocycles. The Hall–Kier alpha value is -1.63. The van der Waals surface area contributed by atoms with Crippen LogP contribution in [-0.2, 0) is 9.53 Å². The van der Waals surface area contributed by atoms with Gasteiger partial charge < -0.3 is 25.4 Å². The summed E-state index contributed by atoms with van der Waals surface area (Å²) in [6.45, 7) is 4.61. The lowest BCUT2D eigenvalue weighted by Gasteiger charge is -2.24. The van der Waals surface area contributed by atoms with E-state index in [1.165, 1.54) is 0 Å². The van der Waals surface area contributed by atoms with Crippen molar-refractivity contribution < 1.29 is 14.6 Å². The van der Waals surface area contributed by atoms with Crippen LogP contribution in [0.2, 0.25) is 0 Å². The Balaban J connectivity index is 2.20. The molecule has 1 aromatic rings. The highest BCUT2D eigenvalue weighted by atomic mass is 16.5. The van der Waals surface area contributed by atoms with Crippen molar-refractivity contribution in [3.8, 4) is 0 Å². The van der Waals surface area contributed by atoms with E-state index in [2.05, 4.69) is 10.6 Å². The summed E-state index contributed by atoms with van der Waals surface area (Å²) >= 11 is 0. The maximum atomic E-state index is 12.0. The molecule has 6 heteroatoms. The Kier molecular flexibility index (Phi) is 5.55. The third-order valence-electron chi connectivity index (χ3n) is 3.58. The number of hydrogen-bond donors (Lipinski definition) is 3. The van der Waals surface area contributed by atoms with E-state index in [1.54, 1.807) is 7.11 Å². The van der Waals surface area contributed by atoms with Gasteiger partial charge in [0.15, 0.2) is 0 Å². The van der Waals surface area contributed by atoms with Gasteiger partial charge in [0, 0.05) is 37.1 Å². The van der Waals surface area contributed by atoms with E-state index in [0.717, 1.165) is 23.5 Å². The molecule has 2 rings (SSSR count). The summed E-state index contributed by atoms with van der Waals surface area (Å²) in [5, 5.41) is 15.3. The summed E-state index contributed by atoms with van der Waals surface area (Å²) in [6.07, 6.45) is 0. The zero-order chi connectivity index (χ0) is 15.2. The zero-order valence-corrected chi connectivity index (χ0v) is 12.6. The topological polar surface area (TPSA) is 73.8 Å². The molecule has 6 nitrogen and oxygen atoms in total. The van der Waals surface area contributed by atoms with Crippen LogP contribution in [0.4, 0.5) is 11.4 Å². The molecule has 0 saturated heterocycles. The van der Waals surface area contributed by atoms with Crippen LogP contribution in [0.1, 0.15) is 18.5 Å². The molecule has 1 aliphatic heterocycles. The van der Waals surface area contributed by atoms with Crippen molar-refractivity contribution in [1.82, 2.24) is 5.32 Å². The van der Waals surface area contributed by atoms with Gasteiger partial charge >= 0.3 is 0 Å². The lowest BCUT2D eigenvalue weighted by Crippen LogP contribution is -2.30. The molecule has 0 aliphatic carbocycles. The molecule has 21 heavy (non-hydrogen) atoms. The van der Waals surface area contributed by atoms with Crippen LogP contribution in [-0.4, -0.2) is 51.0 Å². The molecule has 116 valence electrons. The predicted octanol–water partition coefficient (Wildman–Crippen LogP) is 0.734. The fourth-order valence-corrected chi connectivity index (χ4v) is 2.55. The smallest absolute Gasteiger partial charge is 0.246 e. The molecule has 1 aliphatic rings. The van der Waals surface area contributed by atoms with Crippen molar-refractivity contribution in [1.29, 1.82) is 0 Å². The first kappa shape index (κ1) is 15.8. The normalized spacial score (nSPS) is 16.7.